The lowest BCUT2D eigenvalue weighted by atomic mass is 10.1. The van der Waals surface area contributed by atoms with Crippen molar-refractivity contribution in [2.75, 3.05) is 31.1 Å². The molecule has 1 amide bonds. The van der Waals surface area contributed by atoms with Crippen LogP contribution in [0.3, 0.4) is 0 Å². The van der Waals surface area contributed by atoms with Crippen molar-refractivity contribution in [3.05, 3.63) is 65.7 Å². The molecule has 3 nitrogen and oxygen atoms in total. The van der Waals surface area contributed by atoms with Crippen molar-refractivity contribution in [1.29, 1.82) is 0 Å². The molecule has 1 fully saturated rings. The Morgan fingerprint density at radius 2 is 1.52 bits per heavy atom. The maximum atomic E-state index is 12.4. The smallest absolute Gasteiger partial charge is 0.227 e. The number of piperazine rings is 1. The second kappa shape index (κ2) is 7.32. The van der Waals surface area contributed by atoms with E-state index in [-0.39, 0.29) is 5.91 Å². The molecule has 0 aromatic heterocycles. The van der Waals surface area contributed by atoms with Gasteiger partial charge in [0.1, 0.15) is 0 Å². The van der Waals surface area contributed by atoms with E-state index >= 15 is 0 Å². The second-order valence-electron chi connectivity index (χ2n) is 6.05. The van der Waals surface area contributed by atoms with E-state index in [1.165, 1.54) is 11.3 Å². The molecule has 23 heavy (non-hydrogen) atoms. The summed E-state index contributed by atoms with van der Waals surface area (Å²) in [6, 6.07) is 18.8. The Balaban J connectivity index is 1.54. The van der Waals surface area contributed by atoms with Gasteiger partial charge in [-0.1, -0.05) is 49.4 Å². The summed E-state index contributed by atoms with van der Waals surface area (Å²) in [6.45, 7) is 5.60. The van der Waals surface area contributed by atoms with E-state index < -0.39 is 0 Å². The molecule has 0 saturated carbocycles. The number of amides is 1. The van der Waals surface area contributed by atoms with Gasteiger partial charge in [0.15, 0.2) is 0 Å². The molecule has 3 rings (SSSR count). The van der Waals surface area contributed by atoms with Crippen molar-refractivity contribution >= 4 is 11.6 Å². The van der Waals surface area contributed by atoms with Crippen molar-refractivity contribution < 1.29 is 4.79 Å². The van der Waals surface area contributed by atoms with Crippen LogP contribution in [-0.4, -0.2) is 37.0 Å². The molecule has 3 heteroatoms. The van der Waals surface area contributed by atoms with Crippen molar-refractivity contribution in [2.45, 2.75) is 19.8 Å². The highest BCUT2D eigenvalue weighted by molar-refractivity contribution is 5.79. The van der Waals surface area contributed by atoms with Crippen LogP contribution in [0.15, 0.2) is 54.6 Å². The molecule has 0 atom stereocenters. The zero-order chi connectivity index (χ0) is 16.1. The normalized spacial score (nSPS) is 14.8. The summed E-state index contributed by atoms with van der Waals surface area (Å²) in [5.41, 5.74) is 3.72. The van der Waals surface area contributed by atoms with Gasteiger partial charge in [-0.3, -0.25) is 4.79 Å². The van der Waals surface area contributed by atoms with Gasteiger partial charge >= 0.3 is 0 Å². The molecule has 1 saturated heterocycles. The van der Waals surface area contributed by atoms with E-state index in [0.29, 0.717) is 6.42 Å². The van der Waals surface area contributed by atoms with E-state index in [2.05, 4.69) is 36.1 Å². The standard InChI is InChI=1S/C20H24N2O/c1-2-17-8-10-19(11-9-17)21-12-14-22(15-13-21)20(23)16-18-6-4-3-5-7-18/h3-11H,2,12-16H2,1H3. The summed E-state index contributed by atoms with van der Waals surface area (Å²) in [5, 5.41) is 0. The van der Waals surface area contributed by atoms with Gasteiger partial charge in [0.25, 0.3) is 0 Å². The van der Waals surface area contributed by atoms with E-state index in [0.717, 1.165) is 38.2 Å². The minimum Gasteiger partial charge on any atom is -0.368 e. The maximum absolute atomic E-state index is 12.4. The molecule has 2 aromatic carbocycles. The molecule has 0 radical (unpaired) electrons. The van der Waals surface area contributed by atoms with Crippen LogP contribution < -0.4 is 4.90 Å². The number of carbonyl (C=O) groups is 1. The van der Waals surface area contributed by atoms with Crippen LogP contribution in [0, 0.1) is 0 Å². The Kier molecular flexibility index (Phi) is 4.96. The number of benzene rings is 2. The number of nitrogens with zero attached hydrogens (tertiary/aromatic N) is 2. The van der Waals surface area contributed by atoms with Crippen LogP contribution in [0.25, 0.3) is 0 Å². The molecule has 2 aromatic rings. The molecule has 1 aliphatic rings. The van der Waals surface area contributed by atoms with Crippen LogP contribution in [-0.2, 0) is 17.6 Å². The number of rotatable bonds is 4. The molecular formula is C20H24N2O. The third kappa shape index (κ3) is 3.92. The van der Waals surface area contributed by atoms with Gasteiger partial charge in [-0.2, -0.15) is 0 Å². The summed E-state index contributed by atoms with van der Waals surface area (Å²) in [4.78, 5) is 16.8. The number of anilines is 1. The van der Waals surface area contributed by atoms with E-state index in [1.807, 2.05) is 35.2 Å². The van der Waals surface area contributed by atoms with Crippen LogP contribution in [0.1, 0.15) is 18.1 Å². The van der Waals surface area contributed by atoms with Crippen molar-refractivity contribution in [2.24, 2.45) is 0 Å². The molecular weight excluding hydrogens is 284 g/mol. The number of hydrogen-bond acceptors (Lipinski definition) is 2. The Hall–Kier alpha value is -2.29. The predicted molar refractivity (Wildman–Crippen MR) is 94.8 cm³/mol. The SMILES string of the molecule is CCc1ccc(N2CCN(C(=O)Cc3ccccc3)CC2)cc1. The Bertz CT molecular complexity index is 628. The van der Waals surface area contributed by atoms with Gasteiger partial charge < -0.3 is 9.80 Å². The fraction of sp³-hybridized carbons (Fsp3) is 0.350. The van der Waals surface area contributed by atoms with Crippen molar-refractivity contribution in [3.63, 3.8) is 0 Å². The third-order valence-corrected chi connectivity index (χ3v) is 4.54. The first-order chi connectivity index (χ1) is 11.3. The minimum absolute atomic E-state index is 0.234. The highest BCUT2D eigenvalue weighted by Crippen LogP contribution is 2.18. The van der Waals surface area contributed by atoms with Crippen LogP contribution in [0.5, 0.6) is 0 Å². The molecule has 0 unspecified atom stereocenters. The maximum Gasteiger partial charge on any atom is 0.227 e. The Morgan fingerprint density at radius 3 is 2.13 bits per heavy atom. The van der Waals surface area contributed by atoms with Gasteiger partial charge in [-0.25, -0.2) is 0 Å². The average Bonchev–Trinajstić information content (AvgIpc) is 2.63. The summed E-state index contributed by atoms with van der Waals surface area (Å²) in [6.07, 6.45) is 1.58. The number of hydrogen-bond donors (Lipinski definition) is 0. The summed E-state index contributed by atoms with van der Waals surface area (Å²) in [5.74, 6) is 0.234. The van der Waals surface area contributed by atoms with Crippen molar-refractivity contribution in [3.8, 4) is 0 Å². The molecule has 0 bridgehead atoms. The zero-order valence-electron chi connectivity index (χ0n) is 13.7. The fourth-order valence-corrected chi connectivity index (χ4v) is 3.04. The second-order valence-corrected chi connectivity index (χ2v) is 6.05. The zero-order valence-corrected chi connectivity index (χ0v) is 13.7. The first-order valence-corrected chi connectivity index (χ1v) is 8.42. The molecule has 0 N–H and O–H groups in total. The highest BCUT2D eigenvalue weighted by atomic mass is 16.2. The minimum atomic E-state index is 0.234. The summed E-state index contributed by atoms with van der Waals surface area (Å²) in [7, 11) is 0. The fourth-order valence-electron chi connectivity index (χ4n) is 3.04. The van der Waals surface area contributed by atoms with E-state index in [4.69, 9.17) is 0 Å². The van der Waals surface area contributed by atoms with Gasteiger partial charge in [-0.15, -0.1) is 0 Å². The Morgan fingerprint density at radius 1 is 0.870 bits per heavy atom. The Labute approximate surface area is 138 Å². The van der Waals surface area contributed by atoms with Crippen LogP contribution in [0.4, 0.5) is 5.69 Å². The van der Waals surface area contributed by atoms with E-state index in [1.54, 1.807) is 0 Å². The summed E-state index contributed by atoms with van der Waals surface area (Å²) >= 11 is 0. The summed E-state index contributed by atoms with van der Waals surface area (Å²) < 4.78 is 0. The lowest BCUT2D eigenvalue weighted by molar-refractivity contribution is -0.130. The number of carbonyl (C=O) groups excluding carboxylic acids is 1. The van der Waals surface area contributed by atoms with Crippen LogP contribution >= 0.6 is 0 Å². The van der Waals surface area contributed by atoms with Gasteiger partial charge in [0.2, 0.25) is 5.91 Å². The quantitative estimate of drug-likeness (QED) is 0.866. The first-order valence-electron chi connectivity index (χ1n) is 8.42. The largest absolute Gasteiger partial charge is 0.368 e. The molecule has 0 spiro atoms. The lowest BCUT2D eigenvalue weighted by Crippen LogP contribution is -2.49. The van der Waals surface area contributed by atoms with Crippen LogP contribution in [0.2, 0.25) is 0 Å². The highest BCUT2D eigenvalue weighted by Gasteiger charge is 2.21. The van der Waals surface area contributed by atoms with Crippen molar-refractivity contribution in [1.82, 2.24) is 4.90 Å². The third-order valence-electron chi connectivity index (χ3n) is 4.54. The van der Waals surface area contributed by atoms with Gasteiger partial charge in [0, 0.05) is 31.9 Å². The average molecular weight is 308 g/mol. The molecule has 1 heterocycles. The number of aryl methyl sites for hydroxylation is 1. The van der Waals surface area contributed by atoms with Gasteiger partial charge in [-0.05, 0) is 29.7 Å². The first kappa shape index (κ1) is 15.6. The molecule has 0 aliphatic carbocycles. The van der Waals surface area contributed by atoms with Gasteiger partial charge in [0.05, 0.1) is 6.42 Å². The predicted octanol–water partition coefficient (Wildman–Crippen LogP) is 3.14. The lowest BCUT2D eigenvalue weighted by Gasteiger charge is -2.36. The monoisotopic (exact) mass is 308 g/mol. The molecule has 1 aliphatic heterocycles. The van der Waals surface area contributed by atoms with E-state index in [9.17, 15) is 4.79 Å². The topological polar surface area (TPSA) is 23.6 Å². The molecule has 120 valence electrons.